The summed E-state index contributed by atoms with van der Waals surface area (Å²) in [7, 11) is 0. The molecule has 6 heterocycles. The van der Waals surface area contributed by atoms with Crippen molar-refractivity contribution >= 4 is 22.1 Å². The largest absolute Gasteiger partial charge is 0.472 e. The van der Waals surface area contributed by atoms with E-state index in [9.17, 15) is 0 Å². The van der Waals surface area contributed by atoms with Crippen molar-refractivity contribution in [3.63, 3.8) is 0 Å². The normalized spacial score (nSPS) is 11.5. The first-order chi connectivity index (χ1) is 16.3. The fourth-order valence-corrected chi connectivity index (χ4v) is 4.01. The van der Waals surface area contributed by atoms with E-state index >= 15 is 0 Å². The van der Waals surface area contributed by atoms with Crippen molar-refractivity contribution in [2.75, 3.05) is 6.54 Å². The number of aromatic amines is 2. The molecule has 8 nitrogen and oxygen atoms in total. The van der Waals surface area contributed by atoms with E-state index < -0.39 is 0 Å². The van der Waals surface area contributed by atoms with Gasteiger partial charge in [-0.3, -0.25) is 9.97 Å². The molecule has 0 spiro atoms. The number of hydrogen-bond acceptors (Lipinski definition) is 6. The summed E-state index contributed by atoms with van der Waals surface area (Å²) in [6.07, 6.45) is 10.7. The second kappa shape index (κ2) is 7.99. The Kier molecular flexibility index (Phi) is 4.70. The maximum Gasteiger partial charge on any atom is 0.142 e. The molecule has 0 bridgehead atoms. The van der Waals surface area contributed by atoms with Crippen LogP contribution in [0, 0.1) is 0 Å². The Morgan fingerprint density at radius 2 is 1.97 bits per heavy atom. The Bertz CT molecular complexity index is 1560. The van der Waals surface area contributed by atoms with E-state index in [-0.39, 0.29) is 0 Å². The Labute approximate surface area is 189 Å². The lowest BCUT2D eigenvalue weighted by Crippen LogP contribution is -2.11. The van der Waals surface area contributed by atoms with Gasteiger partial charge < -0.3 is 19.7 Å². The fraction of sp³-hybridized carbons (Fsp3) is 0.120. The molecule has 0 amide bonds. The zero-order valence-electron chi connectivity index (χ0n) is 18.0. The molecule has 3 N–H and O–H groups in total. The number of H-pyrrole nitrogens is 2. The zero-order valence-corrected chi connectivity index (χ0v) is 18.0. The summed E-state index contributed by atoms with van der Waals surface area (Å²) in [6, 6.07) is 9.98. The van der Waals surface area contributed by atoms with Crippen LogP contribution in [0.3, 0.4) is 0 Å². The van der Waals surface area contributed by atoms with Crippen LogP contribution in [0.5, 0.6) is 0 Å². The van der Waals surface area contributed by atoms with Gasteiger partial charge in [-0.05, 0) is 42.4 Å². The third-order valence-corrected chi connectivity index (χ3v) is 5.64. The number of rotatable bonds is 6. The number of fused-ring (bicyclic) bond motifs is 2. The van der Waals surface area contributed by atoms with Crippen LogP contribution in [0.2, 0.25) is 0 Å². The number of nitrogens with one attached hydrogen (secondary N) is 3. The molecule has 0 aromatic carbocycles. The van der Waals surface area contributed by atoms with Crippen LogP contribution in [0.4, 0.5) is 0 Å². The summed E-state index contributed by atoms with van der Waals surface area (Å²) in [5, 5.41) is 3.34. The number of furan rings is 1. The molecule has 6 aromatic rings. The molecule has 162 valence electrons. The van der Waals surface area contributed by atoms with Crippen LogP contribution in [0.15, 0.2) is 72.1 Å². The third-order valence-electron chi connectivity index (χ3n) is 5.64. The molecule has 0 radical (unpaired) electrons. The van der Waals surface area contributed by atoms with E-state index in [2.05, 4.69) is 38.2 Å². The van der Waals surface area contributed by atoms with Gasteiger partial charge in [0.1, 0.15) is 17.0 Å². The summed E-state index contributed by atoms with van der Waals surface area (Å²) in [4.78, 5) is 25.5. The van der Waals surface area contributed by atoms with Gasteiger partial charge in [0.05, 0.1) is 40.3 Å². The summed E-state index contributed by atoms with van der Waals surface area (Å²) in [5.41, 5.74) is 9.03. The third kappa shape index (κ3) is 3.46. The van der Waals surface area contributed by atoms with Gasteiger partial charge in [-0.15, -0.1) is 0 Å². The summed E-state index contributed by atoms with van der Waals surface area (Å²) in [5.74, 6) is 0.734. The minimum absolute atomic E-state index is 0.734. The van der Waals surface area contributed by atoms with Crippen LogP contribution >= 0.6 is 0 Å². The van der Waals surface area contributed by atoms with Crippen molar-refractivity contribution in [1.29, 1.82) is 0 Å². The first-order valence-corrected chi connectivity index (χ1v) is 10.8. The Hall–Kier alpha value is -4.30. The van der Waals surface area contributed by atoms with Crippen molar-refractivity contribution in [2.45, 2.75) is 13.5 Å². The van der Waals surface area contributed by atoms with Gasteiger partial charge in [-0.25, -0.2) is 9.97 Å². The molecule has 0 saturated carbocycles. The maximum atomic E-state index is 5.24. The second-order valence-electron chi connectivity index (χ2n) is 7.81. The lowest BCUT2D eigenvalue weighted by molar-refractivity contribution is 0.568. The highest BCUT2D eigenvalue weighted by Gasteiger charge is 2.16. The Morgan fingerprint density at radius 3 is 2.85 bits per heavy atom. The van der Waals surface area contributed by atoms with E-state index in [1.54, 1.807) is 18.7 Å². The molecule has 0 saturated heterocycles. The maximum absolute atomic E-state index is 5.24. The smallest absolute Gasteiger partial charge is 0.142 e. The van der Waals surface area contributed by atoms with Crippen molar-refractivity contribution in [2.24, 2.45) is 0 Å². The number of pyridine rings is 3. The van der Waals surface area contributed by atoms with E-state index in [1.165, 1.54) is 0 Å². The monoisotopic (exact) mass is 435 g/mol. The van der Waals surface area contributed by atoms with Gasteiger partial charge in [0.2, 0.25) is 0 Å². The number of imidazole rings is 1. The quantitative estimate of drug-likeness (QED) is 0.342. The molecule has 0 fully saturated rings. The second-order valence-corrected chi connectivity index (χ2v) is 7.81. The topological polar surface area (TPSA) is 108 Å². The van der Waals surface area contributed by atoms with Crippen molar-refractivity contribution in [3.8, 4) is 33.9 Å². The Balaban J connectivity index is 1.44. The number of hydrogen-bond donors (Lipinski definition) is 3. The molecule has 0 aliphatic rings. The summed E-state index contributed by atoms with van der Waals surface area (Å²) >= 11 is 0. The molecule has 6 rings (SSSR count). The van der Waals surface area contributed by atoms with E-state index in [1.807, 2.05) is 42.9 Å². The van der Waals surface area contributed by atoms with Gasteiger partial charge in [0.15, 0.2) is 0 Å². The fourth-order valence-electron chi connectivity index (χ4n) is 4.01. The van der Waals surface area contributed by atoms with Crippen LogP contribution in [0.1, 0.15) is 12.5 Å². The summed E-state index contributed by atoms with van der Waals surface area (Å²) in [6.45, 7) is 3.78. The van der Waals surface area contributed by atoms with Crippen LogP contribution in [0.25, 0.3) is 56.0 Å². The molecule has 33 heavy (non-hydrogen) atoms. The highest BCUT2D eigenvalue weighted by Crippen LogP contribution is 2.32. The predicted molar refractivity (Wildman–Crippen MR) is 127 cm³/mol. The predicted octanol–water partition coefficient (Wildman–Crippen LogP) is 4.93. The first-order valence-electron chi connectivity index (χ1n) is 10.8. The van der Waals surface area contributed by atoms with Crippen molar-refractivity contribution < 1.29 is 4.42 Å². The standard InChI is InChI=1S/C25H21N7O/c1-2-26-10-15-9-17(12-27-11-15)19-3-4-20-23(30-19)18(13-29-20)25-31-21-5-7-28-22(24(21)32-25)16-6-8-33-14-16/h3-9,11-14,26,29H,2,10H2,1H3,(H,31,32). The molecular weight excluding hydrogens is 414 g/mol. The van der Waals surface area contributed by atoms with Crippen molar-refractivity contribution in [1.82, 2.24) is 35.2 Å². The molecule has 0 unspecified atom stereocenters. The minimum Gasteiger partial charge on any atom is -0.472 e. The van der Waals surface area contributed by atoms with Gasteiger partial charge in [-0.1, -0.05) is 6.92 Å². The Morgan fingerprint density at radius 1 is 1.00 bits per heavy atom. The van der Waals surface area contributed by atoms with E-state index in [0.717, 1.165) is 74.6 Å². The molecule has 0 aliphatic heterocycles. The minimum atomic E-state index is 0.734. The van der Waals surface area contributed by atoms with Crippen LogP contribution in [-0.2, 0) is 6.54 Å². The average molecular weight is 435 g/mol. The molecule has 0 atom stereocenters. The molecule has 6 aromatic heterocycles. The number of nitrogens with zero attached hydrogens (tertiary/aromatic N) is 4. The first kappa shape index (κ1) is 19.4. The van der Waals surface area contributed by atoms with Gasteiger partial charge in [0.25, 0.3) is 0 Å². The highest BCUT2D eigenvalue weighted by molar-refractivity contribution is 5.96. The molecular formula is C25H21N7O. The van der Waals surface area contributed by atoms with Crippen LogP contribution < -0.4 is 5.32 Å². The van der Waals surface area contributed by atoms with Gasteiger partial charge >= 0.3 is 0 Å². The van der Waals surface area contributed by atoms with E-state index in [0.29, 0.717) is 0 Å². The average Bonchev–Trinajstić information content (AvgIpc) is 3.61. The van der Waals surface area contributed by atoms with Gasteiger partial charge in [-0.2, -0.15) is 0 Å². The zero-order chi connectivity index (χ0) is 22.2. The molecule has 0 aliphatic carbocycles. The molecule has 8 heteroatoms. The lowest BCUT2D eigenvalue weighted by Gasteiger charge is -2.05. The lowest BCUT2D eigenvalue weighted by atomic mass is 10.1. The van der Waals surface area contributed by atoms with E-state index in [4.69, 9.17) is 14.4 Å². The SMILES string of the molecule is CCNCc1cncc(-c2ccc3[nH]cc(-c4nc5c(-c6ccoc6)nccc5[nH]4)c3n2)c1. The van der Waals surface area contributed by atoms with Crippen molar-refractivity contribution in [3.05, 3.63) is 73.2 Å². The summed E-state index contributed by atoms with van der Waals surface area (Å²) < 4.78 is 5.24. The highest BCUT2D eigenvalue weighted by atomic mass is 16.3. The van der Waals surface area contributed by atoms with Gasteiger partial charge in [0, 0.05) is 42.5 Å². The number of aromatic nitrogens is 6. The van der Waals surface area contributed by atoms with Crippen LogP contribution in [-0.4, -0.2) is 36.4 Å².